The van der Waals surface area contributed by atoms with Crippen LogP contribution >= 0.6 is 11.3 Å². The van der Waals surface area contributed by atoms with Crippen LogP contribution in [0.15, 0.2) is 5.38 Å². The van der Waals surface area contributed by atoms with Crippen molar-refractivity contribution < 1.29 is 9.53 Å². The van der Waals surface area contributed by atoms with E-state index in [1.165, 1.54) is 0 Å². The molecule has 1 aliphatic rings. The van der Waals surface area contributed by atoms with Gasteiger partial charge in [-0.25, -0.2) is 4.98 Å². The van der Waals surface area contributed by atoms with Crippen molar-refractivity contribution in [3.8, 4) is 0 Å². The highest BCUT2D eigenvalue weighted by atomic mass is 32.1. The molecule has 0 bridgehead atoms. The molecule has 1 N–H and O–H groups in total. The van der Waals surface area contributed by atoms with E-state index in [1.54, 1.807) is 11.3 Å². The summed E-state index contributed by atoms with van der Waals surface area (Å²) < 4.78 is 5.46. The van der Waals surface area contributed by atoms with Gasteiger partial charge < -0.3 is 10.1 Å². The summed E-state index contributed by atoms with van der Waals surface area (Å²) in [6, 6.07) is 0. The van der Waals surface area contributed by atoms with Crippen LogP contribution in [-0.2, 0) is 16.0 Å². The van der Waals surface area contributed by atoms with E-state index in [9.17, 15) is 4.79 Å². The van der Waals surface area contributed by atoms with Crippen LogP contribution < -0.4 is 5.32 Å². The summed E-state index contributed by atoms with van der Waals surface area (Å²) >= 11 is 1.63. The molecule has 1 aromatic heterocycles. The zero-order valence-corrected chi connectivity index (χ0v) is 11.8. The van der Waals surface area contributed by atoms with E-state index >= 15 is 0 Å². The van der Waals surface area contributed by atoms with E-state index < -0.39 is 0 Å². The molecule has 2 rings (SSSR count). The number of thiazole rings is 1. The minimum Gasteiger partial charge on any atom is -0.376 e. The Labute approximate surface area is 112 Å². The molecule has 1 aromatic rings. The van der Waals surface area contributed by atoms with Gasteiger partial charge in [0.25, 0.3) is 0 Å². The fourth-order valence-electron chi connectivity index (χ4n) is 1.93. The molecule has 2 heterocycles. The Hall–Kier alpha value is -0.940. The molecule has 1 saturated heterocycles. The molecular formula is C13H20N2O2S. The van der Waals surface area contributed by atoms with Crippen molar-refractivity contribution in [2.75, 3.05) is 13.2 Å². The fourth-order valence-corrected chi connectivity index (χ4v) is 2.76. The number of carbonyl (C=O) groups is 1. The van der Waals surface area contributed by atoms with Gasteiger partial charge in [-0.15, -0.1) is 11.3 Å². The summed E-state index contributed by atoms with van der Waals surface area (Å²) in [5, 5.41) is 5.98. The molecule has 4 nitrogen and oxygen atoms in total. The first-order valence-electron chi connectivity index (χ1n) is 6.47. The van der Waals surface area contributed by atoms with Crippen molar-refractivity contribution in [2.24, 2.45) is 0 Å². The first-order valence-corrected chi connectivity index (χ1v) is 7.35. The maximum Gasteiger partial charge on any atom is 0.226 e. The number of carbonyl (C=O) groups excluding carboxylic acids is 1. The molecule has 0 saturated carbocycles. The number of rotatable bonds is 5. The summed E-state index contributed by atoms with van der Waals surface area (Å²) in [5.74, 6) is 0.463. The monoisotopic (exact) mass is 268 g/mol. The summed E-state index contributed by atoms with van der Waals surface area (Å²) in [7, 11) is 0. The highest BCUT2D eigenvalue weighted by Gasteiger charge is 2.16. The number of hydrogen-bond donors (Lipinski definition) is 1. The molecule has 1 amide bonds. The van der Waals surface area contributed by atoms with Gasteiger partial charge in [-0.1, -0.05) is 13.8 Å². The SMILES string of the molecule is CC(C)c1nc(CC(=O)NCC2CCCO2)cs1. The first-order chi connectivity index (χ1) is 8.65. The highest BCUT2D eigenvalue weighted by Crippen LogP contribution is 2.19. The Bertz CT molecular complexity index is 397. The van der Waals surface area contributed by atoms with Gasteiger partial charge >= 0.3 is 0 Å². The lowest BCUT2D eigenvalue weighted by molar-refractivity contribution is -0.121. The summed E-state index contributed by atoms with van der Waals surface area (Å²) in [5.41, 5.74) is 0.869. The molecule has 5 heteroatoms. The third-order valence-corrected chi connectivity index (χ3v) is 4.15. The lowest BCUT2D eigenvalue weighted by atomic mass is 10.2. The highest BCUT2D eigenvalue weighted by molar-refractivity contribution is 7.09. The fraction of sp³-hybridized carbons (Fsp3) is 0.692. The Morgan fingerprint density at radius 2 is 2.50 bits per heavy atom. The number of hydrogen-bond acceptors (Lipinski definition) is 4. The molecule has 0 aromatic carbocycles. The molecule has 18 heavy (non-hydrogen) atoms. The molecular weight excluding hydrogens is 248 g/mol. The van der Waals surface area contributed by atoms with E-state index in [2.05, 4.69) is 24.1 Å². The summed E-state index contributed by atoms with van der Waals surface area (Å²) in [6.45, 7) is 5.67. The third-order valence-electron chi connectivity index (χ3n) is 2.96. The van der Waals surface area contributed by atoms with E-state index in [0.717, 1.165) is 30.2 Å². The normalized spacial score (nSPS) is 19.4. The van der Waals surface area contributed by atoms with E-state index in [4.69, 9.17) is 4.74 Å². The summed E-state index contributed by atoms with van der Waals surface area (Å²) in [6.07, 6.45) is 2.73. The Kier molecular flexibility index (Phi) is 4.72. The van der Waals surface area contributed by atoms with Gasteiger partial charge in [0, 0.05) is 24.4 Å². The maximum absolute atomic E-state index is 11.7. The van der Waals surface area contributed by atoms with Crippen LogP contribution in [0.25, 0.3) is 0 Å². The lowest BCUT2D eigenvalue weighted by Crippen LogP contribution is -2.32. The smallest absolute Gasteiger partial charge is 0.226 e. The molecule has 0 aliphatic carbocycles. The zero-order chi connectivity index (χ0) is 13.0. The van der Waals surface area contributed by atoms with Crippen LogP contribution in [-0.4, -0.2) is 30.1 Å². The predicted molar refractivity (Wildman–Crippen MR) is 71.9 cm³/mol. The first kappa shape index (κ1) is 13.5. The Morgan fingerprint density at radius 3 is 3.11 bits per heavy atom. The van der Waals surface area contributed by atoms with Crippen molar-refractivity contribution in [1.82, 2.24) is 10.3 Å². The van der Waals surface area contributed by atoms with Crippen LogP contribution in [0.1, 0.15) is 43.3 Å². The van der Waals surface area contributed by atoms with Gasteiger partial charge in [-0.3, -0.25) is 4.79 Å². The molecule has 1 fully saturated rings. The van der Waals surface area contributed by atoms with Crippen molar-refractivity contribution in [3.63, 3.8) is 0 Å². The number of nitrogens with zero attached hydrogens (tertiary/aromatic N) is 1. The minimum atomic E-state index is 0.0334. The maximum atomic E-state index is 11.7. The average Bonchev–Trinajstić information content (AvgIpc) is 2.96. The van der Waals surface area contributed by atoms with Gasteiger partial charge in [0.15, 0.2) is 0 Å². The quantitative estimate of drug-likeness (QED) is 0.889. The lowest BCUT2D eigenvalue weighted by Gasteiger charge is -2.10. The van der Waals surface area contributed by atoms with E-state index in [-0.39, 0.29) is 12.0 Å². The number of nitrogens with one attached hydrogen (secondary N) is 1. The second kappa shape index (κ2) is 6.29. The standard InChI is InChI=1S/C13H20N2O2S/c1-9(2)13-15-10(8-18-13)6-12(16)14-7-11-4-3-5-17-11/h8-9,11H,3-7H2,1-2H3,(H,14,16). The van der Waals surface area contributed by atoms with Crippen molar-refractivity contribution in [1.29, 1.82) is 0 Å². The Morgan fingerprint density at radius 1 is 1.67 bits per heavy atom. The van der Waals surface area contributed by atoms with Gasteiger partial charge in [-0.05, 0) is 12.8 Å². The molecule has 0 spiro atoms. The number of ether oxygens (including phenoxy) is 1. The van der Waals surface area contributed by atoms with Crippen LogP contribution in [0.2, 0.25) is 0 Å². The van der Waals surface area contributed by atoms with Crippen LogP contribution in [0.4, 0.5) is 0 Å². The van der Waals surface area contributed by atoms with Crippen LogP contribution in [0.5, 0.6) is 0 Å². The molecule has 1 atom stereocenters. The van der Waals surface area contributed by atoms with Crippen LogP contribution in [0.3, 0.4) is 0 Å². The predicted octanol–water partition coefficient (Wildman–Crippen LogP) is 2.10. The van der Waals surface area contributed by atoms with Crippen molar-refractivity contribution in [3.05, 3.63) is 16.1 Å². The third kappa shape index (κ3) is 3.78. The zero-order valence-electron chi connectivity index (χ0n) is 10.9. The second-order valence-electron chi connectivity index (χ2n) is 4.95. The molecule has 1 aliphatic heterocycles. The van der Waals surface area contributed by atoms with E-state index in [1.807, 2.05) is 5.38 Å². The number of aromatic nitrogens is 1. The van der Waals surface area contributed by atoms with Gasteiger partial charge in [0.1, 0.15) is 0 Å². The van der Waals surface area contributed by atoms with E-state index in [0.29, 0.717) is 18.9 Å². The van der Waals surface area contributed by atoms with Crippen LogP contribution in [0, 0.1) is 0 Å². The second-order valence-corrected chi connectivity index (χ2v) is 5.84. The van der Waals surface area contributed by atoms with Gasteiger partial charge in [0.05, 0.1) is 23.2 Å². The molecule has 100 valence electrons. The average molecular weight is 268 g/mol. The Balaban J connectivity index is 1.75. The molecule has 0 radical (unpaired) electrons. The number of amides is 1. The van der Waals surface area contributed by atoms with Crippen molar-refractivity contribution >= 4 is 17.2 Å². The molecule has 1 unspecified atom stereocenters. The topological polar surface area (TPSA) is 51.2 Å². The summed E-state index contributed by atoms with van der Waals surface area (Å²) in [4.78, 5) is 16.2. The minimum absolute atomic E-state index is 0.0334. The van der Waals surface area contributed by atoms with Gasteiger partial charge in [-0.2, -0.15) is 0 Å². The van der Waals surface area contributed by atoms with Crippen molar-refractivity contribution in [2.45, 2.75) is 45.1 Å². The largest absolute Gasteiger partial charge is 0.376 e. The van der Waals surface area contributed by atoms with Gasteiger partial charge in [0.2, 0.25) is 5.91 Å².